The van der Waals surface area contributed by atoms with Gasteiger partial charge in [-0.3, -0.25) is 9.69 Å². The minimum atomic E-state index is 0.0492. The number of carbonyl (C=O) groups is 1. The van der Waals surface area contributed by atoms with Crippen molar-refractivity contribution in [1.29, 1.82) is 0 Å². The van der Waals surface area contributed by atoms with Gasteiger partial charge in [0.15, 0.2) is 0 Å². The maximum Gasteiger partial charge on any atom is 0.238 e. The Morgan fingerprint density at radius 2 is 2.35 bits per heavy atom. The standard InChI is InChI=1S/C15H22BrN3O/c1-11-7-13(16)4-5-14(11)18-15(20)10-19-6-2-3-12(8-17)9-19/h4-5,7,12H,2-3,6,8-10,17H2,1H3,(H,18,20). The minimum Gasteiger partial charge on any atom is -0.330 e. The van der Waals surface area contributed by atoms with E-state index in [0.717, 1.165) is 35.2 Å². The van der Waals surface area contributed by atoms with Gasteiger partial charge in [-0.1, -0.05) is 15.9 Å². The van der Waals surface area contributed by atoms with Crippen LogP contribution >= 0.6 is 15.9 Å². The van der Waals surface area contributed by atoms with Crippen molar-refractivity contribution >= 4 is 27.5 Å². The summed E-state index contributed by atoms with van der Waals surface area (Å²) in [7, 11) is 0. The highest BCUT2D eigenvalue weighted by Crippen LogP contribution is 2.20. The number of carbonyl (C=O) groups excluding carboxylic acids is 1. The summed E-state index contributed by atoms with van der Waals surface area (Å²) in [6.45, 7) is 5.08. The van der Waals surface area contributed by atoms with Crippen LogP contribution in [-0.4, -0.2) is 37.0 Å². The summed E-state index contributed by atoms with van der Waals surface area (Å²) < 4.78 is 1.02. The lowest BCUT2D eigenvalue weighted by molar-refractivity contribution is -0.117. The molecule has 1 heterocycles. The number of anilines is 1. The van der Waals surface area contributed by atoms with E-state index in [0.29, 0.717) is 19.0 Å². The fourth-order valence-corrected chi connectivity index (χ4v) is 3.12. The molecule has 20 heavy (non-hydrogen) atoms. The Hall–Kier alpha value is -0.910. The van der Waals surface area contributed by atoms with E-state index in [-0.39, 0.29) is 5.91 Å². The second-order valence-corrected chi connectivity index (χ2v) is 6.40. The van der Waals surface area contributed by atoms with Gasteiger partial charge in [-0.2, -0.15) is 0 Å². The van der Waals surface area contributed by atoms with E-state index in [1.807, 2.05) is 25.1 Å². The molecule has 0 spiro atoms. The molecule has 0 saturated carbocycles. The number of amides is 1. The molecule has 0 radical (unpaired) electrons. The van der Waals surface area contributed by atoms with Crippen molar-refractivity contribution in [2.24, 2.45) is 11.7 Å². The Balaban J connectivity index is 1.88. The van der Waals surface area contributed by atoms with Crippen LogP contribution in [0.25, 0.3) is 0 Å². The number of nitrogens with two attached hydrogens (primary N) is 1. The second kappa shape index (κ2) is 7.20. The zero-order valence-corrected chi connectivity index (χ0v) is 13.4. The number of likely N-dealkylation sites (tertiary alicyclic amines) is 1. The summed E-state index contributed by atoms with van der Waals surface area (Å²) in [6.07, 6.45) is 2.31. The Kier molecular flexibility index (Phi) is 5.57. The SMILES string of the molecule is Cc1cc(Br)ccc1NC(=O)CN1CCCC(CN)C1. The molecule has 2 rings (SSSR count). The second-order valence-electron chi connectivity index (χ2n) is 5.49. The van der Waals surface area contributed by atoms with Crippen molar-refractivity contribution in [2.75, 3.05) is 31.5 Å². The van der Waals surface area contributed by atoms with E-state index in [2.05, 4.69) is 26.1 Å². The van der Waals surface area contributed by atoms with Crippen LogP contribution in [0.1, 0.15) is 18.4 Å². The van der Waals surface area contributed by atoms with Crippen LogP contribution in [0.5, 0.6) is 0 Å². The van der Waals surface area contributed by atoms with E-state index in [9.17, 15) is 4.79 Å². The highest BCUT2D eigenvalue weighted by Gasteiger charge is 2.20. The number of aryl methyl sites for hydroxylation is 1. The van der Waals surface area contributed by atoms with E-state index < -0.39 is 0 Å². The summed E-state index contributed by atoms with van der Waals surface area (Å²) in [5, 5.41) is 2.98. The smallest absolute Gasteiger partial charge is 0.238 e. The van der Waals surface area contributed by atoms with Gasteiger partial charge in [0, 0.05) is 16.7 Å². The Morgan fingerprint density at radius 1 is 1.55 bits per heavy atom. The lowest BCUT2D eigenvalue weighted by atomic mass is 9.98. The van der Waals surface area contributed by atoms with Crippen LogP contribution in [-0.2, 0) is 4.79 Å². The average Bonchev–Trinajstić information content (AvgIpc) is 2.42. The van der Waals surface area contributed by atoms with Crippen LogP contribution in [0.3, 0.4) is 0 Å². The molecule has 1 amide bonds. The van der Waals surface area contributed by atoms with Crippen molar-refractivity contribution in [3.63, 3.8) is 0 Å². The number of hydrogen-bond acceptors (Lipinski definition) is 3. The van der Waals surface area contributed by atoms with Gasteiger partial charge in [0.25, 0.3) is 0 Å². The number of rotatable bonds is 4. The highest BCUT2D eigenvalue weighted by atomic mass is 79.9. The predicted molar refractivity (Wildman–Crippen MR) is 85.7 cm³/mol. The molecule has 1 unspecified atom stereocenters. The number of halogens is 1. The molecule has 0 aliphatic carbocycles. The van der Waals surface area contributed by atoms with Gasteiger partial charge >= 0.3 is 0 Å². The van der Waals surface area contributed by atoms with Crippen molar-refractivity contribution in [1.82, 2.24) is 4.90 Å². The maximum absolute atomic E-state index is 12.1. The first-order valence-electron chi connectivity index (χ1n) is 7.07. The summed E-state index contributed by atoms with van der Waals surface area (Å²) in [6, 6.07) is 5.87. The average molecular weight is 340 g/mol. The molecule has 1 aromatic carbocycles. The van der Waals surface area contributed by atoms with Gasteiger partial charge in [0.05, 0.1) is 6.54 Å². The van der Waals surface area contributed by atoms with E-state index in [4.69, 9.17) is 5.73 Å². The molecule has 1 saturated heterocycles. The number of hydrogen-bond donors (Lipinski definition) is 2. The van der Waals surface area contributed by atoms with E-state index in [1.165, 1.54) is 6.42 Å². The quantitative estimate of drug-likeness (QED) is 0.885. The van der Waals surface area contributed by atoms with Gasteiger partial charge in [0.2, 0.25) is 5.91 Å². The third-order valence-electron chi connectivity index (χ3n) is 3.77. The molecule has 0 bridgehead atoms. The van der Waals surface area contributed by atoms with Gasteiger partial charge in [-0.25, -0.2) is 0 Å². The molecule has 3 N–H and O–H groups in total. The Bertz CT molecular complexity index is 478. The molecule has 1 aliphatic rings. The molecular weight excluding hydrogens is 318 g/mol. The van der Waals surface area contributed by atoms with Crippen LogP contribution < -0.4 is 11.1 Å². The molecule has 1 aliphatic heterocycles. The summed E-state index contributed by atoms with van der Waals surface area (Å²) in [4.78, 5) is 14.3. The van der Waals surface area contributed by atoms with Crippen LogP contribution in [0.4, 0.5) is 5.69 Å². The third kappa shape index (κ3) is 4.30. The van der Waals surface area contributed by atoms with Crippen LogP contribution in [0.2, 0.25) is 0 Å². The molecule has 1 aromatic rings. The van der Waals surface area contributed by atoms with E-state index in [1.54, 1.807) is 0 Å². The van der Waals surface area contributed by atoms with Gasteiger partial charge in [-0.05, 0) is 62.5 Å². The van der Waals surface area contributed by atoms with E-state index >= 15 is 0 Å². The largest absolute Gasteiger partial charge is 0.330 e. The number of piperidine rings is 1. The number of benzene rings is 1. The lowest BCUT2D eigenvalue weighted by Gasteiger charge is -2.31. The van der Waals surface area contributed by atoms with Crippen molar-refractivity contribution in [3.8, 4) is 0 Å². The fraction of sp³-hybridized carbons (Fsp3) is 0.533. The number of nitrogens with zero attached hydrogens (tertiary/aromatic N) is 1. The molecule has 5 heteroatoms. The first kappa shape index (κ1) is 15.5. The molecular formula is C15H22BrN3O. The van der Waals surface area contributed by atoms with Crippen molar-refractivity contribution < 1.29 is 4.79 Å². The van der Waals surface area contributed by atoms with Gasteiger partial charge in [-0.15, -0.1) is 0 Å². The first-order valence-corrected chi connectivity index (χ1v) is 7.86. The summed E-state index contributed by atoms with van der Waals surface area (Å²) in [5.74, 6) is 0.582. The minimum absolute atomic E-state index is 0.0492. The van der Waals surface area contributed by atoms with Crippen molar-refractivity contribution in [2.45, 2.75) is 19.8 Å². The fourth-order valence-electron chi connectivity index (χ4n) is 2.65. The summed E-state index contributed by atoms with van der Waals surface area (Å²) in [5.41, 5.74) is 7.66. The maximum atomic E-state index is 12.1. The third-order valence-corrected chi connectivity index (χ3v) is 4.26. The van der Waals surface area contributed by atoms with Crippen LogP contribution in [0.15, 0.2) is 22.7 Å². The zero-order valence-electron chi connectivity index (χ0n) is 11.9. The highest BCUT2D eigenvalue weighted by molar-refractivity contribution is 9.10. The number of nitrogens with one attached hydrogen (secondary N) is 1. The topological polar surface area (TPSA) is 58.4 Å². The normalized spacial score (nSPS) is 19.9. The molecule has 110 valence electrons. The first-order chi connectivity index (χ1) is 9.58. The van der Waals surface area contributed by atoms with Crippen LogP contribution in [0, 0.1) is 12.8 Å². The molecule has 1 fully saturated rings. The van der Waals surface area contributed by atoms with Gasteiger partial charge in [0.1, 0.15) is 0 Å². The zero-order chi connectivity index (χ0) is 14.5. The lowest BCUT2D eigenvalue weighted by Crippen LogP contribution is -2.42. The molecule has 0 aromatic heterocycles. The molecule has 1 atom stereocenters. The van der Waals surface area contributed by atoms with Crippen molar-refractivity contribution in [3.05, 3.63) is 28.2 Å². The van der Waals surface area contributed by atoms with Gasteiger partial charge < -0.3 is 11.1 Å². The Labute approximate surface area is 128 Å². The predicted octanol–water partition coefficient (Wildman–Crippen LogP) is 2.37. The molecule has 4 nitrogen and oxygen atoms in total. The monoisotopic (exact) mass is 339 g/mol. The summed E-state index contributed by atoms with van der Waals surface area (Å²) >= 11 is 3.42. The Morgan fingerprint density at radius 3 is 3.05 bits per heavy atom.